The van der Waals surface area contributed by atoms with Gasteiger partial charge in [-0.05, 0) is 92.4 Å². The molecule has 7 nitrogen and oxygen atoms in total. The van der Waals surface area contributed by atoms with Crippen molar-refractivity contribution in [3.05, 3.63) is 87.9 Å². The lowest BCUT2D eigenvalue weighted by molar-refractivity contribution is -0.130. The van der Waals surface area contributed by atoms with Gasteiger partial charge in [0, 0.05) is 36.2 Å². The van der Waals surface area contributed by atoms with Gasteiger partial charge in [-0.3, -0.25) is 9.59 Å². The molecular formula is C33H38Cl2N4O3. The molecule has 42 heavy (non-hydrogen) atoms. The molecule has 5 rings (SSSR count). The van der Waals surface area contributed by atoms with E-state index in [1.54, 1.807) is 47.4 Å². The third-order valence-electron chi connectivity index (χ3n) is 8.13. The molecule has 0 atom stereocenters. The minimum atomic E-state index is -0.159. The van der Waals surface area contributed by atoms with E-state index in [1.165, 1.54) is 30.4 Å². The van der Waals surface area contributed by atoms with Crippen LogP contribution in [0.25, 0.3) is 0 Å². The number of hydrogen-bond donors (Lipinski definition) is 1. The largest absolute Gasteiger partial charge is 0.455 e. The summed E-state index contributed by atoms with van der Waals surface area (Å²) >= 11 is 12.5. The number of carbonyl (C=O) groups is 2. The third kappa shape index (κ3) is 7.97. The summed E-state index contributed by atoms with van der Waals surface area (Å²) in [5, 5.41) is 4.14. The van der Waals surface area contributed by atoms with Crippen molar-refractivity contribution in [3.63, 3.8) is 0 Å². The highest BCUT2D eigenvalue weighted by molar-refractivity contribution is 6.31. The van der Waals surface area contributed by atoms with Crippen LogP contribution in [-0.4, -0.2) is 74.0 Å². The number of nitrogens with zero attached hydrogens (tertiary/aromatic N) is 3. The number of anilines is 1. The number of nitrogens with one attached hydrogen (secondary N) is 1. The Kier molecular flexibility index (Phi) is 10.3. The summed E-state index contributed by atoms with van der Waals surface area (Å²) in [5.41, 5.74) is 3.13. The third-order valence-corrected chi connectivity index (χ3v) is 8.62. The van der Waals surface area contributed by atoms with Gasteiger partial charge in [0.25, 0.3) is 0 Å². The zero-order chi connectivity index (χ0) is 29.5. The zero-order valence-corrected chi connectivity index (χ0v) is 25.5. The van der Waals surface area contributed by atoms with Crippen LogP contribution in [-0.2, 0) is 22.4 Å². The van der Waals surface area contributed by atoms with E-state index < -0.39 is 0 Å². The lowest BCUT2D eigenvalue weighted by Crippen LogP contribution is -2.47. The Labute approximate surface area is 258 Å². The van der Waals surface area contributed by atoms with Crippen LogP contribution in [0.1, 0.15) is 30.4 Å². The van der Waals surface area contributed by atoms with Crippen molar-refractivity contribution >= 4 is 40.7 Å². The average Bonchev–Trinajstić information content (AvgIpc) is 3.43. The average molecular weight is 610 g/mol. The Morgan fingerprint density at radius 2 is 1.57 bits per heavy atom. The monoisotopic (exact) mass is 608 g/mol. The minimum Gasteiger partial charge on any atom is -0.455 e. The molecule has 0 aromatic heterocycles. The summed E-state index contributed by atoms with van der Waals surface area (Å²) in [7, 11) is 1.85. The van der Waals surface area contributed by atoms with Crippen molar-refractivity contribution in [2.75, 3.05) is 51.2 Å². The van der Waals surface area contributed by atoms with Gasteiger partial charge in [-0.15, -0.1) is 0 Å². The fraction of sp³-hybridized carbons (Fsp3) is 0.394. The number of ether oxygens (including phenoxy) is 1. The molecule has 1 N–H and O–H groups in total. The number of likely N-dealkylation sites (tertiary alicyclic amines) is 1. The number of halogens is 2. The van der Waals surface area contributed by atoms with Gasteiger partial charge >= 0.3 is 0 Å². The maximum Gasteiger partial charge on any atom is 0.242 e. The smallest absolute Gasteiger partial charge is 0.242 e. The first-order chi connectivity index (χ1) is 20.4. The molecule has 222 valence electrons. The molecule has 1 fully saturated rings. The SMILES string of the molecule is CN(C(=O)CN(CC(=O)NCCN1CCCCC1)c1cc(Cl)ccc1Oc1ccc(Cl)cc1)C1Cc2ccccc2C1. The molecule has 1 aliphatic carbocycles. The van der Waals surface area contributed by atoms with Gasteiger partial charge in [-0.2, -0.15) is 0 Å². The molecule has 2 aliphatic rings. The number of rotatable bonds is 11. The Balaban J connectivity index is 1.32. The fourth-order valence-corrected chi connectivity index (χ4v) is 6.03. The maximum absolute atomic E-state index is 13.7. The van der Waals surface area contributed by atoms with Crippen molar-refractivity contribution < 1.29 is 14.3 Å². The van der Waals surface area contributed by atoms with Crippen LogP contribution in [0.3, 0.4) is 0 Å². The molecule has 1 aliphatic heterocycles. The fourth-order valence-electron chi connectivity index (χ4n) is 5.73. The second kappa shape index (κ2) is 14.3. The van der Waals surface area contributed by atoms with Crippen molar-refractivity contribution in [3.8, 4) is 11.5 Å². The Morgan fingerprint density at radius 1 is 0.905 bits per heavy atom. The molecule has 0 radical (unpaired) electrons. The van der Waals surface area contributed by atoms with Crippen LogP contribution in [0, 0.1) is 0 Å². The molecule has 1 saturated heterocycles. The van der Waals surface area contributed by atoms with Gasteiger partial charge in [0.15, 0.2) is 5.75 Å². The van der Waals surface area contributed by atoms with Crippen molar-refractivity contribution in [2.45, 2.75) is 38.1 Å². The predicted molar refractivity (Wildman–Crippen MR) is 169 cm³/mol. The summed E-state index contributed by atoms with van der Waals surface area (Å²) in [4.78, 5) is 32.9. The summed E-state index contributed by atoms with van der Waals surface area (Å²) in [5.74, 6) is 0.840. The van der Waals surface area contributed by atoms with Gasteiger partial charge in [0.1, 0.15) is 5.75 Å². The van der Waals surface area contributed by atoms with Gasteiger partial charge in [0.05, 0.1) is 18.8 Å². The summed E-state index contributed by atoms with van der Waals surface area (Å²) in [6, 6.07) is 20.7. The Bertz CT molecular complexity index is 1350. The molecule has 3 aromatic rings. The molecule has 3 aromatic carbocycles. The second-order valence-corrected chi connectivity index (χ2v) is 12.0. The van der Waals surface area contributed by atoms with Crippen molar-refractivity contribution in [2.24, 2.45) is 0 Å². The van der Waals surface area contributed by atoms with E-state index in [4.69, 9.17) is 27.9 Å². The number of hydrogen-bond acceptors (Lipinski definition) is 5. The lowest BCUT2D eigenvalue weighted by Gasteiger charge is -2.31. The number of likely N-dealkylation sites (N-methyl/N-ethyl adjacent to an activating group) is 1. The Morgan fingerprint density at radius 3 is 2.26 bits per heavy atom. The number of benzene rings is 3. The van der Waals surface area contributed by atoms with E-state index in [9.17, 15) is 9.59 Å². The van der Waals surface area contributed by atoms with E-state index in [1.807, 2.05) is 24.1 Å². The van der Waals surface area contributed by atoms with Crippen LogP contribution in [0.2, 0.25) is 10.0 Å². The van der Waals surface area contributed by atoms with Crippen LogP contribution in [0.15, 0.2) is 66.7 Å². The molecule has 0 spiro atoms. The zero-order valence-electron chi connectivity index (χ0n) is 24.0. The highest BCUT2D eigenvalue weighted by atomic mass is 35.5. The van der Waals surface area contributed by atoms with Gasteiger partial charge in [-0.1, -0.05) is 53.9 Å². The van der Waals surface area contributed by atoms with Gasteiger partial charge < -0.3 is 24.8 Å². The number of fused-ring (bicyclic) bond motifs is 1. The molecule has 0 bridgehead atoms. The molecule has 0 unspecified atom stereocenters. The topological polar surface area (TPSA) is 65.1 Å². The molecule has 1 heterocycles. The standard InChI is InChI=1S/C33H38Cl2N4O3/c1-37(28-19-24-7-3-4-8-25(24)20-28)33(41)23-39(22-32(40)36-15-18-38-16-5-2-6-17-38)30-21-27(35)11-14-31(30)42-29-12-9-26(34)10-13-29/h3-4,7-14,21,28H,2,5-6,15-20,22-23H2,1H3,(H,36,40). The first-order valence-electron chi connectivity index (χ1n) is 14.6. The number of amides is 2. The van der Waals surface area contributed by atoms with Crippen molar-refractivity contribution in [1.82, 2.24) is 15.1 Å². The van der Waals surface area contributed by atoms with Crippen molar-refractivity contribution in [1.29, 1.82) is 0 Å². The number of carbonyl (C=O) groups excluding carboxylic acids is 2. The molecular weight excluding hydrogens is 571 g/mol. The number of piperidine rings is 1. The van der Waals surface area contributed by atoms with Crippen LogP contribution in [0.4, 0.5) is 5.69 Å². The molecule has 2 amide bonds. The predicted octanol–water partition coefficient (Wildman–Crippen LogP) is 5.82. The first-order valence-corrected chi connectivity index (χ1v) is 15.4. The lowest BCUT2D eigenvalue weighted by atomic mass is 10.1. The highest BCUT2D eigenvalue weighted by Gasteiger charge is 2.29. The summed E-state index contributed by atoms with van der Waals surface area (Å²) in [6.45, 7) is 3.51. The quantitative estimate of drug-likeness (QED) is 0.297. The van der Waals surface area contributed by atoms with Gasteiger partial charge in [0.2, 0.25) is 11.8 Å². The second-order valence-electron chi connectivity index (χ2n) is 11.1. The highest BCUT2D eigenvalue weighted by Crippen LogP contribution is 2.35. The first kappa shape index (κ1) is 30.2. The summed E-state index contributed by atoms with van der Waals surface area (Å²) < 4.78 is 6.20. The van der Waals surface area contributed by atoms with Gasteiger partial charge in [-0.25, -0.2) is 0 Å². The Hall–Kier alpha value is -3.26. The normalized spacial score (nSPS) is 15.2. The van der Waals surface area contributed by atoms with E-state index in [0.29, 0.717) is 33.8 Å². The minimum absolute atomic E-state index is 0.000209. The van der Waals surface area contributed by atoms with Crippen LogP contribution in [0.5, 0.6) is 11.5 Å². The van der Waals surface area contributed by atoms with E-state index >= 15 is 0 Å². The van der Waals surface area contributed by atoms with E-state index in [0.717, 1.165) is 32.5 Å². The van der Waals surface area contributed by atoms with E-state index in [2.05, 4.69) is 22.3 Å². The summed E-state index contributed by atoms with van der Waals surface area (Å²) in [6.07, 6.45) is 5.31. The maximum atomic E-state index is 13.7. The molecule has 0 saturated carbocycles. The van der Waals surface area contributed by atoms with E-state index in [-0.39, 0.29) is 30.9 Å². The molecule has 9 heteroatoms. The van der Waals surface area contributed by atoms with Crippen LogP contribution < -0.4 is 15.0 Å². The van der Waals surface area contributed by atoms with Crippen LogP contribution >= 0.6 is 23.2 Å².